The quantitative estimate of drug-likeness (QED) is 0.655. The van der Waals surface area contributed by atoms with Gasteiger partial charge in [-0.25, -0.2) is 13.2 Å². The van der Waals surface area contributed by atoms with Crippen molar-refractivity contribution in [2.75, 3.05) is 25.5 Å². The lowest BCUT2D eigenvalue weighted by Gasteiger charge is -2.30. The van der Waals surface area contributed by atoms with Gasteiger partial charge in [-0.05, 0) is 61.9 Å². The molecule has 0 saturated carbocycles. The van der Waals surface area contributed by atoms with Gasteiger partial charge in [0.25, 0.3) is 0 Å². The molecule has 166 valence electrons. The highest BCUT2D eigenvalue weighted by Crippen LogP contribution is 2.40. The van der Waals surface area contributed by atoms with E-state index in [4.69, 9.17) is 16.3 Å². The van der Waals surface area contributed by atoms with Crippen LogP contribution in [0, 0.1) is 5.92 Å². The van der Waals surface area contributed by atoms with Crippen LogP contribution in [0.5, 0.6) is 0 Å². The minimum absolute atomic E-state index is 0.186. The number of esters is 1. The number of halogens is 1. The second-order valence-electron chi connectivity index (χ2n) is 7.67. The third-order valence-electron chi connectivity index (χ3n) is 5.82. The van der Waals surface area contributed by atoms with E-state index in [1.165, 1.54) is 34.9 Å². The number of aryl methyl sites for hydroxylation is 1. The number of sulfonamides is 1. The van der Waals surface area contributed by atoms with Crippen LogP contribution in [0.15, 0.2) is 29.2 Å². The number of ether oxygens (including phenoxy) is 1. The monoisotopic (exact) mass is 482 g/mol. The summed E-state index contributed by atoms with van der Waals surface area (Å²) in [6.07, 6.45) is 3.54. The molecule has 0 spiro atoms. The molecule has 0 unspecified atom stereocenters. The molecule has 1 saturated heterocycles. The molecule has 2 aliphatic rings. The van der Waals surface area contributed by atoms with Crippen LogP contribution in [0.4, 0.5) is 5.00 Å². The number of rotatable bonds is 5. The predicted octanol–water partition coefficient (Wildman–Crippen LogP) is 3.72. The number of thiophene rings is 1. The summed E-state index contributed by atoms with van der Waals surface area (Å²) >= 11 is 7.29. The number of carbonyl (C=O) groups excluding carboxylic acids is 2. The van der Waals surface area contributed by atoms with Gasteiger partial charge in [-0.3, -0.25) is 4.79 Å². The molecular weight excluding hydrogens is 460 g/mol. The van der Waals surface area contributed by atoms with E-state index in [-0.39, 0.29) is 29.8 Å². The van der Waals surface area contributed by atoms with Crippen molar-refractivity contribution in [3.8, 4) is 0 Å². The standard InChI is InChI=1S/C21H23ClN2O5S2/c1-29-21(26)18-16-3-2-4-17(16)30-20(18)23-19(25)13-9-11-24(12-10-13)31(27,28)15-7-5-14(22)6-8-15/h5-8,13H,2-4,9-12H2,1H3,(H,23,25). The van der Waals surface area contributed by atoms with E-state index in [2.05, 4.69) is 5.32 Å². The third-order valence-corrected chi connectivity index (χ3v) is 9.20. The molecule has 1 aromatic carbocycles. The van der Waals surface area contributed by atoms with E-state index >= 15 is 0 Å². The lowest BCUT2D eigenvalue weighted by Crippen LogP contribution is -2.41. The molecule has 0 bridgehead atoms. The zero-order chi connectivity index (χ0) is 22.2. The van der Waals surface area contributed by atoms with Gasteiger partial charge in [0.1, 0.15) is 5.00 Å². The molecular formula is C21H23ClN2O5S2. The average Bonchev–Trinajstić information content (AvgIpc) is 3.34. The average molecular weight is 483 g/mol. The van der Waals surface area contributed by atoms with Gasteiger partial charge in [0.05, 0.1) is 17.6 Å². The summed E-state index contributed by atoms with van der Waals surface area (Å²) in [5, 5.41) is 3.92. The molecule has 1 fully saturated rings. The molecule has 1 aliphatic carbocycles. The van der Waals surface area contributed by atoms with Gasteiger partial charge in [-0.1, -0.05) is 11.6 Å². The molecule has 1 aromatic heterocycles. The van der Waals surface area contributed by atoms with Crippen LogP contribution in [-0.2, 0) is 32.4 Å². The van der Waals surface area contributed by atoms with Crippen LogP contribution in [0.25, 0.3) is 0 Å². The summed E-state index contributed by atoms with van der Waals surface area (Å²) in [5.41, 5.74) is 1.45. The van der Waals surface area contributed by atoms with Crippen LogP contribution in [0.2, 0.25) is 5.02 Å². The maximum atomic E-state index is 12.9. The van der Waals surface area contributed by atoms with Gasteiger partial charge in [-0.15, -0.1) is 11.3 Å². The van der Waals surface area contributed by atoms with E-state index in [1.807, 2.05) is 0 Å². The number of benzene rings is 1. The fourth-order valence-corrected chi connectivity index (χ4v) is 7.01. The maximum absolute atomic E-state index is 12.9. The number of hydrogen-bond donors (Lipinski definition) is 1. The first-order valence-electron chi connectivity index (χ1n) is 10.1. The Hall–Kier alpha value is -1.94. The van der Waals surface area contributed by atoms with Crippen LogP contribution in [0.3, 0.4) is 0 Å². The topological polar surface area (TPSA) is 92.8 Å². The van der Waals surface area contributed by atoms with Crippen molar-refractivity contribution < 1.29 is 22.7 Å². The Morgan fingerprint density at radius 1 is 1.16 bits per heavy atom. The summed E-state index contributed by atoms with van der Waals surface area (Å²) < 4.78 is 32.0. The zero-order valence-corrected chi connectivity index (χ0v) is 19.4. The Morgan fingerprint density at radius 3 is 2.48 bits per heavy atom. The first-order valence-corrected chi connectivity index (χ1v) is 12.7. The summed E-state index contributed by atoms with van der Waals surface area (Å²) in [5.74, 6) is -0.939. The van der Waals surface area contributed by atoms with Gasteiger partial charge in [0.2, 0.25) is 15.9 Å². The number of nitrogens with one attached hydrogen (secondary N) is 1. The van der Waals surface area contributed by atoms with Gasteiger partial charge < -0.3 is 10.1 Å². The third kappa shape index (κ3) is 4.37. The molecule has 0 radical (unpaired) electrons. The van der Waals surface area contributed by atoms with E-state index in [0.29, 0.717) is 28.4 Å². The molecule has 31 heavy (non-hydrogen) atoms. The first-order chi connectivity index (χ1) is 14.8. The molecule has 10 heteroatoms. The number of piperidine rings is 1. The Morgan fingerprint density at radius 2 is 1.84 bits per heavy atom. The van der Waals surface area contributed by atoms with Gasteiger partial charge in [0, 0.05) is 28.9 Å². The Kier molecular flexibility index (Phi) is 6.39. The second kappa shape index (κ2) is 8.90. The minimum atomic E-state index is -3.62. The van der Waals surface area contributed by atoms with Crippen molar-refractivity contribution >= 4 is 49.8 Å². The fraction of sp³-hybridized carbons (Fsp3) is 0.429. The highest BCUT2D eigenvalue weighted by molar-refractivity contribution is 7.89. The predicted molar refractivity (Wildman–Crippen MR) is 119 cm³/mol. The highest BCUT2D eigenvalue weighted by Gasteiger charge is 2.34. The van der Waals surface area contributed by atoms with Crippen LogP contribution < -0.4 is 5.32 Å². The smallest absolute Gasteiger partial charge is 0.341 e. The molecule has 1 N–H and O–H groups in total. The lowest BCUT2D eigenvalue weighted by atomic mass is 9.97. The molecule has 7 nitrogen and oxygen atoms in total. The van der Waals surface area contributed by atoms with Crippen LogP contribution in [-0.4, -0.2) is 44.8 Å². The number of methoxy groups -OCH3 is 1. The second-order valence-corrected chi connectivity index (χ2v) is 11.2. The van der Waals surface area contributed by atoms with Crippen molar-refractivity contribution in [1.82, 2.24) is 4.31 Å². The number of anilines is 1. The lowest BCUT2D eigenvalue weighted by molar-refractivity contribution is -0.120. The van der Waals surface area contributed by atoms with Crippen LogP contribution in [0.1, 0.15) is 40.1 Å². The van der Waals surface area contributed by atoms with Crippen molar-refractivity contribution in [1.29, 1.82) is 0 Å². The number of carbonyl (C=O) groups is 2. The zero-order valence-electron chi connectivity index (χ0n) is 17.0. The number of nitrogens with zero attached hydrogens (tertiary/aromatic N) is 1. The highest BCUT2D eigenvalue weighted by atomic mass is 35.5. The largest absolute Gasteiger partial charge is 0.465 e. The van der Waals surface area contributed by atoms with Crippen molar-refractivity contribution in [3.05, 3.63) is 45.3 Å². The van der Waals surface area contributed by atoms with Gasteiger partial charge >= 0.3 is 5.97 Å². The maximum Gasteiger partial charge on any atom is 0.341 e. The van der Waals surface area contributed by atoms with E-state index in [0.717, 1.165) is 29.7 Å². The van der Waals surface area contributed by atoms with E-state index in [9.17, 15) is 18.0 Å². The number of fused-ring (bicyclic) bond motifs is 1. The normalized spacial score (nSPS) is 17.4. The van der Waals surface area contributed by atoms with Gasteiger partial charge in [-0.2, -0.15) is 4.31 Å². The molecule has 1 amide bonds. The summed E-state index contributed by atoms with van der Waals surface area (Å²) in [6, 6.07) is 6.07. The van der Waals surface area contributed by atoms with Gasteiger partial charge in [0.15, 0.2) is 0 Å². The first kappa shape index (κ1) is 22.3. The Balaban J connectivity index is 1.43. The van der Waals surface area contributed by atoms with Crippen molar-refractivity contribution in [2.45, 2.75) is 37.0 Å². The van der Waals surface area contributed by atoms with E-state index < -0.39 is 16.0 Å². The Bertz CT molecular complexity index is 1100. The summed E-state index contributed by atoms with van der Waals surface area (Å²) in [7, 11) is -2.29. The SMILES string of the molecule is COC(=O)c1c(NC(=O)C2CCN(S(=O)(=O)c3ccc(Cl)cc3)CC2)sc2c1CCC2. The summed E-state index contributed by atoms with van der Waals surface area (Å²) in [4.78, 5) is 26.5. The molecule has 1 aliphatic heterocycles. The molecule has 2 aromatic rings. The molecule has 0 atom stereocenters. The Labute approximate surface area is 190 Å². The van der Waals surface area contributed by atoms with Crippen molar-refractivity contribution in [3.63, 3.8) is 0 Å². The number of amides is 1. The summed E-state index contributed by atoms with van der Waals surface area (Å²) in [6.45, 7) is 0.516. The molecule has 2 heterocycles. The van der Waals surface area contributed by atoms with Crippen molar-refractivity contribution in [2.24, 2.45) is 5.92 Å². The fourth-order valence-electron chi connectivity index (χ4n) is 4.14. The van der Waals surface area contributed by atoms with Crippen LogP contribution >= 0.6 is 22.9 Å². The number of hydrogen-bond acceptors (Lipinski definition) is 6. The minimum Gasteiger partial charge on any atom is -0.465 e. The molecule has 4 rings (SSSR count). The van der Waals surface area contributed by atoms with E-state index in [1.54, 1.807) is 12.1 Å².